The number of ether oxygens (including phenoxy) is 1. The Morgan fingerprint density at radius 1 is 1.50 bits per heavy atom. The smallest absolute Gasteiger partial charge is 0.119 e. The van der Waals surface area contributed by atoms with E-state index in [9.17, 15) is 0 Å². The lowest BCUT2D eigenvalue weighted by Crippen LogP contribution is -2.27. The molecule has 0 spiro atoms. The van der Waals surface area contributed by atoms with Gasteiger partial charge in [-0.1, -0.05) is 25.5 Å². The molecule has 0 saturated heterocycles. The summed E-state index contributed by atoms with van der Waals surface area (Å²) in [6.07, 6.45) is 4.66. The minimum atomic E-state index is 0.0579. The monoisotopic (exact) mass is 219 g/mol. The highest BCUT2D eigenvalue weighted by Gasteiger charge is 2.49. The van der Waals surface area contributed by atoms with Crippen LogP contribution < -0.4 is 10.5 Å². The third kappa shape index (κ3) is 2.38. The molecule has 1 aliphatic carbocycles. The van der Waals surface area contributed by atoms with Crippen LogP contribution in [0.1, 0.15) is 31.7 Å². The van der Waals surface area contributed by atoms with Crippen LogP contribution >= 0.6 is 0 Å². The normalized spacial score (nSPS) is 27.8. The first-order valence-corrected chi connectivity index (χ1v) is 6.10. The third-order valence-corrected chi connectivity index (χ3v) is 3.58. The van der Waals surface area contributed by atoms with Gasteiger partial charge < -0.3 is 10.5 Å². The van der Waals surface area contributed by atoms with Crippen molar-refractivity contribution >= 4 is 0 Å². The highest BCUT2D eigenvalue weighted by molar-refractivity contribution is 5.31. The van der Waals surface area contributed by atoms with Gasteiger partial charge in [-0.15, -0.1) is 0 Å². The Kier molecular flexibility index (Phi) is 3.20. The summed E-state index contributed by atoms with van der Waals surface area (Å²) in [5.74, 6) is 1.65. The van der Waals surface area contributed by atoms with Crippen LogP contribution in [0.15, 0.2) is 24.3 Å². The maximum Gasteiger partial charge on any atom is 0.119 e. The molecule has 1 aromatic carbocycles. The van der Waals surface area contributed by atoms with Gasteiger partial charge in [-0.3, -0.25) is 0 Å². The van der Waals surface area contributed by atoms with Crippen molar-refractivity contribution in [3.05, 3.63) is 29.8 Å². The largest absolute Gasteiger partial charge is 0.497 e. The Morgan fingerprint density at radius 2 is 2.31 bits per heavy atom. The Balaban J connectivity index is 1.99. The topological polar surface area (TPSA) is 35.2 Å². The SMILES string of the molecule is CCCC1CC1(N)Cc1cccc(OC)c1. The van der Waals surface area contributed by atoms with Crippen LogP contribution in [0.2, 0.25) is 0 Å². The second-order valence-corrected chi connectivity index (χ2v) is 4.95. The highest BCUT2D eigenvalue weighted by Crippen LogP contribution is 2.46. The Hall–Kier alpha value is -1.02. The molecule has 0 radical (unpaired) electrons. The second-order valence-electron chi connectivity index (χ2n) is 4.95. The number of hydrogen-bond donors (Lipinski definition) is 1. The molecule has 1 aliphatic rings. The van der Waals surface area contributed by atoms with Crippen LogP contribution in [0, 0.1) is 5.92 Å². The van der Waals surface area contributed by atoms with E-state index in [1.54, 1.807) is 7.11 Å². The summed E-state index contributed by atoms with van der Waals surface area (Å²) in [6, 6.07) is 8.24. The molecule has 16 heavy (non-hydrogen) atoms. The zero-order valence-corrected chi connectivity index (χ0v) is 10.2. The fraction of sp³-hybridized carbons (Fsp3) is 0.571. The lowest BCUT2D eigenvalue weighted by molar-refractivity contribution is 0.414. The number of rotatable bonds is 5. The average molecular weight is 219 g/mol. The molecule has 0 bridgehead atoms. The maximum absolute atomic E-state index is 6.36. The summed E-state index contributed by atoms with van der Waals surface area (Å²) in [5.41, 5.74) is 7.71. The lowest BCUT2D eigenvalue weighted by Gasteiger charge is -2.12. The number of nitrogens with two attached hydrogens (primary N) is 1. The Labute approximate surface area is 97.8 Å². The van der Waals surface area contributed by atoms with Crippen molar-refractivity contribution < 1.29 is 4.74 Å². The molecule has 0 aromatic heterocycles. The third-order valence-electron chi connectivity index (χ3n) is 3.58. The number of hydrogen-bond acceptors (Lipinski definition) is 2. The van der Waals surface area contributed by atoms with Gasteiger partial charge in [0.05, 0.1) is 7.11 Å². The van der Waals surface area contributed by atoms with Crippen LogP contribution in [-0.4, -0.2) is 12.6 Å². The molecule has 1 fully saturated rings. The fourth-order valence-corrected chi connectivity index (χ4v) is 2.52. The molecule has 0 heterocycles. The van der Waals surface area contributed by atoms with Crippen molar-refractivity contribution in [1.29, 1.82) is 0 Å². The van der Waals surface area contributed by atoms with Gasteiger partial charge in [-0.05, 0) is 42.9 Å². The second kappa shape index (κ2) is 4.46. The summed E-state index contributed by atoms with van der Waals surface area (Å²) in [7, 11) is 1.70. The van der Waals surface area contributed by atoms with Gasteiger partial charge in [0.2, 0.25) is 0 Å². The maximum atomic E-state index is 6.36. The molecular weight excluding hydrogens is 198 g/mol. The molecule has 2 N–H and O–H groups in total. The first-order chi connectivity index (χ1) is 7.68. The first kappa shape index (κ1) is 11.5. The standard InChI is InChI=1S/C14H21NO/c1-3-5-12-10-14(12,15)9-11-6-4-7-13(8-11)16-2/h4,6-8,12H,3,5,9-10,15H2,1-2H3. The van der Waals surface area contributed by atoms with E-state index in [4.69, 9.17) is 10.5 Å². The van der Waals surface area contributed by atoms with Gasteiger partial charge in [-0.2, -0.15) is 0 Å². The van der Waals surface area contributed by atoms with Crippen LogP contribution in [0.25, 0.3) is 0 Å². The van der Waals surface area contributed by atoms with Crippen molar-refractivity contribution in [3.8, 4) is 5.75 Å². The average Bonchev–Trinajstić information content (AvgIpc) is 2.89. The Morgan fingerprint density at radius 3 is 3.00 bits per heavy atom. The minimum Gasteiger partial charge on any atom is -0.497 e. The molecular formula is C14H21NO. The molecule has 1 saturated carbocycles. The summed E-state index contributed by atoms with van der Waals surface area (Å²) < 4.78 is 5.22. The van der Waals surface area contributed by atoms with Crippen molar-refractivity contribution in [1.82, 2.24) is 0 Å². The first-order valence-electron chi connectivity index (χ1n) is 6.10. The van der Waals surface area contributed by atoms with Gasteiger partial charge in [0, 0.05) is 5.54 Å². The van der Waals surface area contributed by atoms with Gasteiger partial charge >= 0.3 is 0 Å². The molecule has 2 rings (SSSR count). The quantitative estimate of drug-likeness (QED) is 0.826. The van der Waals surface area contributed by atoms with Crippen LogP contribution in [0.3, 0.4) is 0 Å². The van der Waals surface area contributed by atoms with Crippen LogP contribution in [0.5, 0.6) is 5.75 Å². The van der Waals surface area contributed by atoms with Gasteiger partial charge in [-0.25, -0.2) is 0 Å². The highest BCUT2D eigenvalue weighted by atomic mass is 16.5. The van der Waals surface area contributed by atoms with E-state index in [0.717, 1.165) is 18.1 Å². The zero-order valence-electron chi connectivity index (χ0n) is 10.2. The van der Waals surface area contributed by atoms with Crippen molar-refractivity contribution in [2.75, 3.05) is 7.11 Å². The molecule has 2 atom stereocenters. The van der Waals surface area contributed by atoms with Crippen LogP contribution in [-0.2, 0) is 6.42 Å². The van der Waals surface area contributed by atoms with E-state index < -0.39 is 0 Å². The number of benzene rings is 1. The van der Waals surface area contributed by atoms with E-state index in [1.807, 2.05) is 12.1 Å². The van der Waals surface area contributed by atoms with Crippen molar-refractivity contribution in [3.63, 3.8) is 0 Å². The van der Waals surface area contributed by atoms with Crippen molar-refractivity contribution in [2.24, 2.45) is 11.7 Å². The zero-order chi connectivity index (χ0) is 11.6. The summed E-state index contributed by atoms with van der Waals surface area (Å²) in [4.78, 5) is 0. The van der Waals surface area contributed by atoms with E-state index in [1.165, 1.54) is 24.8 Å². The summed E-state index contributed by atoms with van der Waals surface area (Å²) >= 11 is 0. The molecule has 1 aromatic rings. The predicted molar refractivity (Wildman–Crippen MR) is 66.6 cm³/mol. The lowest BCUT2D eigenvalue weighted by atomic mass is 10.0. The van der Waals surface area contributed by atoms with Gasteiger partial charge in [0.15, 0.2) is 0 Å². The molecule has 2 unspecified atom stereocenters. The molecule has 0 amide bonds. The van der Waals surface area contributed by atoms with E-state index in [-0.39, 0.29) is 5.54 Å². The van der Waals surface area contributed by atoms with E-state index in [2.05, 4.69) is 19.1 Å². The molecule has 0 aliphatic heterocycles. The fourth-order valence-electron chi connectivity index (χ4n) is 2.52. The number of methoxy groups -OCH3 is 1. The molecule has 2 nitrogen and oxygen atoms in total. The summed E-state index contributed by atoms with van der Waals surface area (Å²) in [6.45, 7) is 2.23. The molecule has 2 heteroatoms. The van der Waals surface area contributed by atoms with E-state index >= 15 is 0 Å². The predicted octanol–water partition coefficient (Wildman–Crippen LogP) is 2.76. The van der Waals surface area contributed by atoms with Gasteiger partial charge in [0.25, 0.3) is 0 Å². The van der Waals surface area contributed by atoms with Gasteiger partial charge in [0.1, 0.15) is 5.75 Å². The van der Waals surface area contributed by atoms with Crippen LogP contribution in [0.4, 0.5) is 0 Å². The molecule has 88 valence electrons. The van der Waals surface area contributed by atoms with E-state index in [0.29, 0.717) is 0 Å². The Bertz CT molecular complexity index is 364. The van der Waals surface area contributed by atoms with Crippen molar-refractivity contribution in [2.45, 2.75) is 38.1 Å². The summed E-state index contributed by atoms with van der Waals surface area (Å²) in [5, 5.41) is 0. The minimum absolute atomic E-state index is 0.0579.